The average molecular weight is 357 g/mol. The summed E-state index contributed by atoms with van der Waals surface area (Å²) in [6.07, 6.45) is -4.62. The van der Waals surface area contributed by atoms with E-state index in [0.717, 1.165) is 17.0 Å². The van der Waals surface area contributed by atoms with Crippen molar-refractivity contribution in [3.8, 4) is 5.75 Å². The topological polar surface area (TPSA) is 70.2 Å². The molecule has 7 nitrogen and oxygen atoms in total. The van der Waals surface area contributed by atoms with Gasteiger partial charge < -0.3 is 14.5 Å². The molecule has 134 valence electrons. The number of anilines is 1. The number of urea groups is 1. The van der Waals surface area contributed by atoms with E-state index in [1.54, 1.807) is 0 Å². The Morgan fingerprint density at radius 3 is 2.52 bits per heavy atom. The van der Waals surface area contributed by atoms with Crippen molar-refractivity contribution in [2.24, 2.45) is 0 Å². The number of benzene rings is 1. The van der Waals surface area contributed by atoms with Crippen LogP contribution in [-0.2, 0) is 9.59 Å². The van der Waals surface area contributed by atoms with Gasteiger partial charge in [-0.1, -0.05) is 6.07 Å². The van der Waals surface area contributed by atoms with Gasteiger partial charge in [-0.15, -0.1) is 13.2 Å². The number of amides is 4. The van der Waals surface area contributed by atoms with E-state index in [0.29, 0.717) is 0 Å². The fourth-order valence-corrected chi connectivity index (χ4v) is 2.95. The molecule has 0 radical (unpaired) electrons. The van der Waals surface area contributed by atoms with E-state index in [2.05, 4.69) is 4.74 Å². The predicted octanol–water partition coefficient (Wildman–Crippen LogP) is 1.58. The summed E-state index contributed by atoms with van der Waals surface area (Å²) < 4.78 is 40.8. The molecule has 2 aliphatic heterocycles. The Bertz CT molecular complexity index is 737. The zero-order chi connectivity index (χ0) is 18.4. The van der Waals surface area contributed by atoms with E-state index in [-0.39, 0.29) is 25.2 Å². The van der Waals surface area contributed by atoms with Crippen LogP contribution >= 0.6 is 0 Å². The number of likely N-dealkylation sites (N-methyl/N-ethyl adjacent to an activating group) is 1. The SMILES string of the molecule is CN1CC(=O)N(C2CCN(c3cccc(OC(F)(F)F)c3)C2=O)C1=O. The molecule has 25 heavy (non-hydrogen) atoms. The number of ether oxygens (including phenoxy) is 1. The zero-order valence-electron chi connectivity index (χ0n) is 13.1. The standard InChI is InChI=1S/C15H14F3N3O4/c1-19-8-12(22)21(14(19)24)11-5-6-20(13(11)23)9-3-2-4-10(7-9)25-15(16,17)18/h2-4,7,11H,5-6,8H2,1H3. The lowest BCUT2D eigenvalue weighted by molar-refractivity contribution is -0.274. The molecule has 0 bridgehead atoms. The van der Waals surface area contributed by atoms with Crippen LogP contribution in [0.4, 0.5) is 23.7 Å². The number of halogens is 3. The number of carbonyl (C=O) groups is 3. The van der Waals surface area contributed by atoms with Gasteiger partial charge in [0.1, 0.15) is 18.3 Å². The van der Waals surface area contributed by atoms with Crippen molar-refractivity contribution in [1.82, 2.24) is 9.80 Å². The number of nitrogens with zero attached hydrogens (tertiary/aromatic N) is 3. The van der Waals surface area contributed by atoms with E-state index in [1.807, 2.05) is 0 Å². The second-order valence-corrected chi connectivity index (χ2v) is 5.74. The van der Waals surface area contributed by atoms with Crippen LogP contribution in [0, 0.1) is 0 Å². The predicted molar refractivity (Wildman–Crippen MR) is 78.8 cm³/mol. The first-order chi connectivity index (χ1) is 11.7. The molecule has 3 rings (SSSR count). The lowest BCUT2D eigenvalue weighted by atomic mass is 10.2. The summed E-state index contributed by atoms with van der Waals surface area (Å²) in [4.78, 5) is 39.9. The molecule has 10 heteroatoms. The first-order valence-electron chi connectivity index (χ1n) is 7.42. The van der Waals surface area contributed by atoms with Crippen LogP contribution in [0.2, 0.25) is 0 Å². The van der Waals surface area contributed by atoms with Crippen molar-refractivity contribution in [3.05, 3.63) is 24.3 Å². The summed E-state index contributed by atoms with van der Waals surface area (Å²) in [5.41, 5.74) is 0.210. The Morgan fingerprint density at radius 1 is 1.20 bits per heavy atom. The molecular weight excluding hydrogens is 343 g/mol. The third kappa shape index (κ3) is 3.24. The Morgan fingerprint density at radius 2 is 1.92 bits per heavy atom. The summed E-state index contributed by atoms with van der Waals surface area (Å²) in [5, 5.41) is 0. The molecule has 2 aliphatic rings. The highest BCUT2D eigenvalue weighted by Crippen LogP contribution is 2.31. The molecule has 1 atom stereocenters. The van der Waals surface area contributed by atoms with Crippen LogP contribution in [-0.4, -0.2) is 60.2 Å². The van der Waals surface area contributed by atoms with Crippen LogP contribution in [0.3, 0.4) is 0 Å². The van der Waals surface area contributed by atoms with Gasteiger partial charge in [-0.2, -0.15) is 0 Å². The summed E-state index contributed by atoms with van der Waals surface area (Å²) in [5.74, 6) is -1.43. The molecule has 2 saturated heterocycles. The van der Waals surface area contributed by atoms with Crippen LogP contribution < -0.4 is 9.64 Å². The maximum Gasteiger partial charge on any atom is 0.573 e. The molecule has 4 amide bonds. The zero-order valence-corrected chi connectivity index (χ0v) is 13.1. The number of hydrogen-bond acceptors (Lipinski definition) is 4. The monoisotopic (exact) mass is 357 g/mol. The summed E-state index contributed by atoms with van der Waals surface area (Å²) in [7, 11) is 1.45. The maximum absolute atomic E-state index is 12.6. The van der Waals surface area contributed by atoms with Gasteiger partial charge in [0.2, 0.25) is 5.91 Å². The van der Waals surface area contributed by atoms with E-state index in [9.17, 15) is 27.6 Å². The van der Waals surface area contributed by atoms with Gasteiger partial charge >= 0.3 is 12.4 Å². The smallest absolute Gasteiger partial charge is 0.406 e. The van der Waals surface area contributed by atoms with Gasteiger partial charge in [-0.05, 0) is 18.6 Å². The Kier molecular flexibility index (Phi) is 4.05. The molecule has 1 aromatic rings. The molecule has 0 spiro atoms. The van der Waals surface area contributed by atoms with E-state index in [1.165, 1.54) is 29.0 Å². The fraction of sp³-hybridized carbons (Fsp3) is 0.400. The number of hydrogen-bond donors (Lipinski definition) is 0. The van der Waals surface area contributed by atoms with Gasteiger partial charge in [0.05, 0.1) is 0 Å². The fourth-order valence-electron chi connectivity index (χ4n) is 2.95. The molecule has 0 saturated carbocycles. The number of alkyl halides is 3. The highest BCUT2D eigenvalue weighted by atomic mass is 19.4. The average Bonchev–Trinajstić information content (AvgIpc) is 2.98. The van der Waals surface area contributed by atoms with E-state index in [4.69, 9.17) is 0 Å². The van der Waals surface area contributed by atoms with Gasteiger partial charge in [0.15, 0.2) is 0 Å². The third-order valence-electron chi connectivity index (χ3n) is 4.03. The Balaban J connectivity index is 1.80. The molecule has 1 unspecified atom stereocenters. The molecule has 2 heterocycles. The minimum Gasteiger partial charge on any atom is -0.406 e. The quantitative estimate of drug-likeness (QED) is 0.771. The number of carbonyl (C=O) groups excluding carboxylic acids is 3. The highest BCUT2D eigenvalue weighted by Gasteiger charge is 2.46. The van der Waals surface area contributed by atoms with Gasteiger partial charge in [0, 0.05) is 25.3 Å². The molecule has 1 aromatic carbocycles. The molecule has 0 aromatic heterocycles. The number of rotatable bonds is 3. The summed E-state index contributed by atoms with van der Waals surface area (Å²) >= 11 is 0. The summed E-state index contributed by atoms with van der Waals surface area (Å²) in [6, 6.07) is 3.50. The van der Waals surface area contributed by atoms with E-state index < -0.39 is 36.0 Å². The van der Waals surface area contributed by atoms with Crippen molar-refractivity contribution in [3.63, 3.8) is 0 Å². The van der Waals surface area contributed by atoms with Crippen LogP contribution in [0.5, 0.6) is 5.75 Å². The van der Waals surface area contributed by atoms with Crippen molar-refractivity contribution in [1.29, 1.82) is 0 Å². The molecular formula is C15H14F3N3O4. The van der Waals surface area contributed by atoms with Crippen molar-refractivity contribution in [2.75, 3.05) is 25.0 Å². The first kappa shape index (κ1) is 17.1. The Hall–Kier alpha value is -2.78. The second-order valence-electron chi connectivity index (χ2n) is 5.74. The van der Waals surface area contributed by atoms with E-state index >= 15 is 0 Å². The minimum absolute atomic E-state index is 0.0997. The molecule has 0 N–H and O–H groups in total. The van der Waals surface area contributed by atoms with Crippen molar-refractivity contribution in [2.45, 2.75) is 18.8 Å². The lowest BCUT2D eigenvalue weighted by Crippen LogP contribution is -2.45. The normalized spacial score (nSPS) is 21.5. The van der Waals surface area contributed by atoms with Gasteiger partial charge in [-0.25, -0.2) is 9.69 Å². The highest BCUT2D eigenvalue weighted by molar-refractivity contribution is 6.09. The van der Waals surface area contributed by atoms with Gasteiger partial charge in [-0.3, -0.25) is 9.59 Å². The molecule has 0 aliphatic carbocycles. The van der Waals surface area contributed by atoms with Crippen LogP contribution in [0.15, 0.2) is 24.3 Å². The second kappa shape index (κ2) is 5.94. The first-order valence-corrected chi connectivity index (χ1v) is 7.42. The van der Waals surface area contributed by atoms with Gasteiger partial charge in [0.25, 0.3) is 5.91 Å². The van der Waals surface area contributed by atoms with Crippen LogP contribution in [0.1, 0.15) is 6.42 Å². The Labute approximate surface area is 140 Å². The molecule has 2 fully saturated rings. The summed E-state index contributed by atoms with van der Waals surface area (Å²) in [6.45, 7) is 0.0806. The number of imide groups is 1. The van der Waals surface area contributed by atoms with Crippen molar-refractivity contribution >= 4 is 23.5 Å². The largest absolute Gasteiger partial charge is 0.573 e. The maximum atomic E-state index is 12.6. The van der Waals surface area contributed by atoms with Crippen LogP contribution in [0.25, 0.3) is 0 Å². The van der Waals surface area contributed by atoms with Crippen molar-refractivity contribution < 1.29 is 32.3 Å². The minimum atomic E-state index is -4.84. The third-order valence-corrected chi connectivity index (χ3v) is 4.03. The lowest BCUT2D eigenvalue weighted by Gasteiger charge is -2.22.